The van der Waals surface area contributed by atoms with E-state index in [2.05, 4.69) is 27.6 Å². The van der Waals surface area contributed by atoms with Crippen LogP contribution in [-0.2, 0) is 0 Å². The molecule has 0 aliphatic heterocycles. The summed E-state index contributed by atoms with van der Waals surface area (Å²) in [7, 11) is 0. The molecule has 0 aliphatic carbocycles. The third kappa shape index (κ3) is 3.28. The summed E-state index contributed by atoms with van der Waals surface area (Å²) in [6.45, 7) is 0. The fourth-order valence-electron chi connectivity index (χ4n) is 1.45. The SMILES string of the molecule is O=[N+]([O-])c1ccc([O-])c(C=Nc2ccccc2I)c1. The van der Waals surface area contributed by atoms with Gasteiger partial charge in [-0.2, -0.15) is 0 Å². The molecule has 0 saturated heterocycles. The molecular formula is C13H8IN2O3-. The lowest BCUT2D eigenvalue weighted by atomic mass is 10.2. The first-order valence-corrected chi connectivity index (χ1v) is 6.40. The number of rotatable bonds is 3. The molecular weight excluding hydrogens is 359 g/mol. The predicted molar refractivity (Wildman–Crippen MR) is 79.0 cm³/mol. The average molecular weight is 367 g/mol. The van der Waals surface area contributed by atoms with Crippen molar-refractivity contribution in [2.24, 2.45) is 4.99 Å². The van der Waals surface area contributed by atoms with Crippen molar-refractivity contribution in [1.29, 1.82) is 0 Å². The fraction of sp³-hybridized carbons (Fsp3) is 0. The largest absolute Gasteiger partial charge is 0.872 e. The number of nitrogens with zero attached hydrogens (tertiary/aromatic N) is 2. The van der Waals surface area contributed by atoms with Gasteiger partial charge in [-0.15, -0.1) is 0 Å². The van der Waals surface area contributed by atoms with Crippen LogP contribution in [0.1, 0.15) is 5.56 Å². The molecule has 2 aromatic rings. The molecule has 0 spiro atoms. The Kier molecular flexibility index (Phi) is 4.10. The summed E-state index contributed by atoms with van der Waals surface area (Å²) >= 11 is 2.13. The summed E-state index contributed by atoms with van der Waals surface area (Å²) in [6.07, 6.45) is 1.35. The minimum Gasteiger partial charge on any atom is -0.872 e. The van der Waals surface area contributed by atoms with Crippen molar-refractivity contribution in [2.45, 2.75) is 0 Å². The highest BCUT2D eigenvalue weighted by atomic mass is 127. The molecule has 19 heavy (non-hydrogen) atoms. The van der Waals surface area contributed by atoms with E-state index in [1.165, 1.54) is 24.4 Å². The Balaban J connectivity index is 2.35. The first kappa shape index (κ1) is 13.5. The zero-order chi connectivity index (χ0) is 13.8. The molecule has 2 aromatic carbocycles. The normalized spacial score (nSPS) is 10.8. The molecule has 0 aliphatic rings. The minimum absolute atomic E-state index is 0.121. The second kappa shape index (κ2) is 5.79. The van der Waals surface area contributed by atoms with Gasteiger partial charge in [0.1, 0.15) is 0 Å². The Bertz CT molecular complexity index is 656. The van der Waals surface area contributed by atoms with Crippen LogP contribution in [0.4, 0.5) is 11.4 Å². The molecule has 6 heteroatoms. The number of halogens is 1. The standard InChI is InChI=1S/C13H9IN2O3/c14-11-3-1-2-4-12(11)15-8-9-7-10(16(18)19)5-6-13(9)17/h1-8,17H/p-1. The van der Waals surface area contributed by atoms with E-state index in [4.69, 9.17) is 0 Å². The van der Waals surface area contributed by atoms with Gasteiger partial charge in [0.15, 0.2) is 0 Å². The molecule has 0 bridgehead atoms. The van der Waals surface area contributed by atoms with Gasteiger partial charge in [0.25, 0.3) is 5.69 Å². The van der Waals surface area contributed by atoms with Crippen LogP contribution in [0.25, 0.3) is 0 Å². The Morgan fingerprint density at radius 1 is 1.21 bits per heavy atom. The van der Waals surface area contributed by atoms with Crippen molar-refractivity contribution in [1.82, 2.24) is 0 Å². The number of non-ortho nitro benzene ring substituents is 1. The second-order valence-corrected chi connectivity index (χ2v) is 4.85. The van der Waals surface area contributed by atoms with Crippen LogP contribution in [0.3, 0.4) is 0 Å². The molecule has 2 rings (SSSR count). The molecule has 0 N–H and O–H groups in total. The quantitative estimate of drug-likeness (QED) is 0.362. The maximum Gasteiger partial charge on any atom is 0.270 e. The number of hydrogen-bond acceptors (Lipinski definition) is 4. The summed E-state index contributed by atoms with van der Waals surface area (Å²) in [5.41, 5.74) is 0.798. The predicted octanol–water partition coefficient (Wildman–Crippen LogP) is 3.02. The molecule has 0 heterocycles. The Labute approximate surface area is 122 Å². The fourth-order valence-corrected chi connectivity index (χ4v) is 1.97. The summed E-state index contributed by atoms with van der Waals surface area (Å²) in [6, 6.07) is 11.0. The van der Waals surface area contributed by atoms with Crippen molar-refractivity contribution < 1.29 is 10.0 Å². The smallest absolute Gasteiger partial charge is 0.270 e. The van der Waals surface area contributed by atoms with Crippen molar-refractivity contribution in [3.63, 3.8) is 0 Å². The number of para-hydroxylation sites is 1. The lowest BCUT2D eigenvalue weighted by molar-refractivity contribution is -0.385. The van der Waals surface area contributed by atoms with Crippen molar-refractivity contribution in [2.75, 3.05) is 0 Å². The molecule has 0 atom stereocenters. The maximum atomic E-state index is 11.6. The Morgan fingerprint density at radius 3 is 2.63 bits per heavy atom. The van der Waals surface area contributed by atoms with E-state index in [-0.39, 0.29) is 17.0 Å². The molecule has 0 amide bonds. The van der Waals surface area contributed by atoms with Gasteiger partial charge in [-0.05, 0) is 40.3 Å². The number of benzene rings is 2. The van der Waals surface area contributed by atoms with Crippen LogP contribution in [0.2, 0.25) is 0 Å². The Hall–Kier alpha value is -1.96. The molecule has 96 valence electrons. The van der Waals surface area contributed by atoms with Gasteiger partial charge in [-0.1, -0.05) is 23.9 Å². The van der Waals surface area contributed by atoms with E-state index in [1.807, 2.05) is 18.2 Å². The number of hydrogen-bond donors (Lipinski definition) is 0. The molecule has 0 aromatic heterocycles. The summed E-state index contributed by atoms with van der Waals surface area (Å²) < 4.78 is 0.939. The van der Waals surface area contributed by atoms with E-state index >= 15 is 0 Å². The molecule has 0 fully saturated rings. The molecule has 0 unspecified atom stereocenters. The van der Waals surface area contributed by atoms with E-state index in [1.54, 1.807) is 6.07 Å². The number of aliphatic imine (C=N–C) groups is 1. The highest BCUT2D eigenvalue weighted by molar-refractivity contribution is 14.1. The monoisotopic (exact) mass is 367 g/mol. The van der Waals surface area contributed by atoms with Crippen LogP contribution in [0, 0.1) is 13.7 Å². The third-order valence-electron chi connectivity index (χ3n) is 2.40. The lowest BCUT2D eigenvalue weighted by Gasteiger charge is -2.08. The molecule has 5 nitrogen and oxygen atoms in total. The van der Waals surface area contributed by atoms with E-state index in [0.717, 1.165) is 3.57 Å². The zero-order valence-electron chi connectivity index (χ0n) is 9.62. The van der Waals surface area contributed by atoms with Gasteiger partial charge in [0, 0.05) is 21.9 Å². The summed E-state index contributed by atoms with van der Waals surface area (Å²) in [4.78, 5) is 14.3. The van der Waals surface area contributed by atoms with Crippen molar-refractivity contribution in [3.05, 3.63) is 61.7 Å². The van der Waals surface area contributed by atoms with Gasteiger partial charge in [-0.3, -0.25) is 15.1 Å². The van der Waals surface area contributed by atoms with Crippen LogP contribution >= 0.6 is 22.6 Å². The zero-order valence-corrected chi connectivity index (χ0v) is 11.8. The van der Waals surface area contributed by atoms with Crippen LogP contribution < -0.4 is 5.11 Å². The summed E-state index contributed by atoms with van der Waals surface area (Å²) in [5, 5.41) is 22.2. The van der Waals surface area contributed by atoms with Gasteiger partial charge >= 0.3 is 0 Å². The second-order valence-electron chi connectivity index (χ2n) is 3.69. The summed E-state index contributed by atoms with van der Waals surface area (Å²) in [5.74, 6) is -0.291. The van der Waals surface area contributed by atoms with E-state index < -0.39 is 4.92 Å². The average Bonchev–Trinajstić information content (AvgIpc) is 2.39. The van der Waals surface area contributed by atoms with Crippen molar-refractivity contribution in [3.8, 4) is 5.75 Å². The van der Waals surface area contributed by atoms with Gasteiger partial charge in [0.05, 0.1) is 10.6 Å². The van der Waals surface area contributed by atoms with Crippen LogP contribution in [0.15, 0.2) is 47.5 Å². The lowest BCUT2D eigenvalue weighted by Crippen LogP contribution is -1.98. The highest BCUT2D eigenvalue weighted by Gasteiger charge is 2.05. The topological polar surface area (TPSA) is 78.6 Å². The van der Waals surface area contributed by atoms with E-state index in [9.17, 15) is 15.2 Å². The maximum absolute atomic E-state index is 11.6. The molecule has 0 saturated carbocycles. The van der Waals surface area contributed by atoms with Crippen molar-refractivity contribution >= 4 is 40.2 Å². The van der Waals surface area contributed by atoms with Gasteiger partial charge < -0.3 is 5.11 Å². The minimum atomic E-state index is -0.539. The van der Waals surface area contributed by atoms with Crippen LogP contribution in [-0.4, -0.2) is 11.1 Å². The van der Waals surface area contributed by atoms with E-state index in [0.29, 0.717) is 5.69 Å². The number of nitro groups is 1. The van der Waals surface area contributed by atoms with Gasteiger partial charge in [-0.25, -0.2) is 0 Å². The molecule has 0 radical (unpaired) electrons. The number of nitro benzene ring substituents is 1. The first-order valence-electron chi connectivity index (χ1n) is 5.32. The van der Waals surface area contributed by atoms with Crippen LogP contribution in [0.5, 0.6) is 5.75 Å². The van der Waals surface area contributed by atoms with Gasteiger partial charge in [0.2, 0.25) is 0 Å². The third-order valence-corrected chi connectivity index (χ3v) is 3.31. The first-order chi connectivity index (χ1) is 9.08. The Morgan fingerprint density at radius 2 is 1.95 bits per heavy atom. The highest BCUT2D eigenvalue weighted by Crippen LogP contribution is 2.23.